The van der Waals surface area contributed by atoms with Crippen LogP contribution in [0.4, 0.5) is 0 Å². The number of phosphoric acid groups is 2. The van der Waals surface area contributed by atoms with Gasteiger partial charge in [-0.3, -0.25) is 37.3 Å². The molecule has 0 aromatic carbocycles. The molecule has 0 saturated heterocycles. The minimum atomic E-state index is -4.97. The molecule has 3 N–H and O–H groups in total. The number of carbonyl (C=O) groups is 4. The zero-order chi connectivity index (χ0) is 77.8. The smallest absolute Gasteiger partial charge is 0.462 e. The van der Waals surface area contributed by atoms with Gasteiger partial charge >= 0.3 is 39.5 Å². The van der Waals surface area contributed by atoms with Gasteiger partial charge in [-0.25, -0.2) is 9.13 Å². The summed E-state index contributed by atoms with van der Waals surface area (Å²) in [6.07, 6.45) is 70.9. The van der Waals surface area contributed by atoms with Crippen molar-refractivity contribution < 1.29 is 80.2 Å². The summed E-state index contributed by atoms with van der Waals surface area (Å²) in [7, 11) is -9.93. The quantitative estimate of drug-likeness (QED) is 0.0222. The van der Waals surface area contributed by atoms with Crippen LogP contribution in [0.3, 0.4) is 0 Å². The molecule has 0 aromatic rings. The van der Waals surface area contributed by atoms with Crippen molar-refractivity contribution in [2.45, 2.75) is 484 Å². The van der Waals surface area contributed by atoms with Crippen LogP contribution in [0.1, 0.15) is 465 Å². The lowest BCUT2D eigenvalue weighted by molar-refractivity contribution is -0.161. The Morgan fingerprint density at radius 3 is 0.717 bits per heavy atom. The fourth-order valence-electron chi connectivity index (χ4n) is 13.6. The SMILES string of the molecule is CCCCCCCCCCCCCCCCCCCCCCC(=O)OC[C@H](COP(=O)(O)OC[C@@H](O)COP(=O)(O)OC[C@@H](COC(=O)CCCCCCCCCCCC)OC(=O)CCCCCCCCCCCCCC(C)C)OC(=O)CCCCCCCCCCCCCCCCCCCCC(C)CC. The lowest BCUT2D eigenvalue weighted by atomic mass is 9.99. The van der Waals surface area contributed by atoms with Gasteiger partial charge in [0.15, 0.2) is 12.2 Å². The van der Waals surface area contributed by atoms with Crippen molar-refractivity contribution >= 4 is 39.5 Å². The van der Waals surface area contributed by atoms with Crippen LogP contribution >= 0.6 is 15.6 Å². The van der Waals surface area contributed by atoms with Gasteiger partial charge in [-0.1, -0.05) is 414 Å². The number of phosphoric ester groups is 2. The van der Waals surface area contributed by atoms with Crippen molar-refractivity contribution in [1.29, 1.82) is 0 Å². The molecule has 0 radical (unpaired) electrons. The van der Waals surface area contributed by atoms with Crippen LogP contribution in [0.25, 0.3) is 0 Å². The first-order chi connectivity index (χ1) is 51.4. The molecule has 0 rings (SSSR count). The second-order valence-corrected chi connectivity index (χ2v) is 34.9. The summed E-state index contributed by atoms with van der Waals surface area (Å²) >= 11 is 0. The Morgan fingerprint density at radius 2 is 0.481 bits per heavy atom. The molecule has 6 atom stereocenters. The van der Waals surface area contributed by atoms with Gasteiger partial charge < -0.3 is 33.8 Å². The van der Waals surface area contributed by atoms with Gasteiger partial charge in [0.2, 0.25) is 0 Å². The molecule has 0 aliphatic heterocycles. The van der Waals surface area contributed by atoms with E-state index in [1.54, 1.807) is 0 Å². The molecule has 106 heavy (non-hydrogen) atoms. The number of aliphatic hydroxyl groups is 1. The minimum absolute atomic E-state index is 0.107. The maximum absolute atomic E-state index is 13.2. The molecule has 0 spiro atoms. The highest BCUT2D eigenvalue weighted by atomic mass is 31.2. The van der Waals surface area contributed by atoms with Gasteiger partial charge in [0.25, 0.3) is 0 Å². The van der Waals surface area contributed by atoms with Crippen LogP contribution in [0.5, 0.6) is 0 Å². The van der Waals surface area contributed by atoms with Crippen LogP contribution in [0.15, 0.2) is 0 Å². The maximum atomic E-state index is 13.2. The van der Waals surface area contributed by atoms with E-state index >= 15 is 0 Å². The number of aliphatic hydroxyl groups excluding tert-OH is 1. The molecule has 0 bridgehead atoms. The Kier molecular flexibility index (Phi) is 76.9. The van der Waals surface area contributed by atoms with Crippen molar-refractivity contribution in [3.05, 3.63) is 0 Å². The fourth-order valence-corrected chi connectivity index (χ4v) is 15.1. The molecule has 0 heterocycles. The number of hydrogen-bond acceptors (Lipinski definition) is 15. The second kappa shape index (κ2) is 78.3. The highest BCUT2D eigenvalue weighted by Gasteiger charge is 2.30. The van der Waals surface area contributed by atoms with E-state index < -0.39 is 97.5 Å². The first kappa shape index (κ1) is 104. The van der Waals surface area contributed by atoms with Gasteiger partial charge in [0.05, 0.1) is 26.4 Å². The number of hydrogen-bond donors (Lipinski definition) is 3. The van der Waals surface area contributed by atoms with E-state index in [4.69, 9.17) is 37.0 Å². The number of esters is 4. The molecule has 0 aliphatic carbocycles. The van der Waals surface area contributed by atoms with E-state index in [1.807, 2.05) is 0 Å². The van der Waals surface area contributed by atoms with E-state index in [9.17, 15) is 43.2 Å². The van der Waals surface area contributed by atoms with Crippen LogP contribution in [0.2, 0.25) is 0 Å². The standard InChI is InChI=1S/C87H170O17P2/c1-7-10-12-14-16-18-20-21-22-23-24-25-29-32-35-40-46-52-58-64-70-85(90)98-76-83(103-86(91)71-65-59-53-47-41-36-33-30-27-26-28-31-34-39-44-50-56-62-68-80(6)9-3)78-102-106(95,96)100-74-81(88)73-99-105(93,94)101-77-82(75-97-84(89)69-63-57-51-45-19-17-15-13-11-8-2)104-87(92)72-66-60-54-48-42-37-38-43-49-55-61-67-79(4)5/h79-83,88H,7-78H2,1-6H3,(H,93,94)(H,95,96)/t80?,81-,82+,83+/m0/s1. The van der Waals surface area contributed by atoms with Crippen LogP contribution < -0.4 is 0 Å². The van der Waals surface area contributed by atoms with E-state index in [2.05, 4.69) is 41.5 Å². The Labute approximate surface area is 651 Å². The van der Waals surface area contributed by atoms with E-state index in [0.717, 1.165) is 102 Å². The third kappa shape index (κ3) is 78.7. The Hall–Kier alpha value is -1.94. The lowest BCUT2D eigenvalue weighted by Crippen LogP contribution is -2.30. The zero-order valence-electron chi connectivity index (χ0n) is 69.7. The largest absolute Gasteiger partial charge is 0.472 e. The minimum Gasteiger partial charge on any atom is -0.462 e. The average molecular weight is 1550 g/mol. The van der Waals surface area contributed by atoms with Crippen LogP contribution in [-0.2, 0) is 65.4 Å². The second-order valence-electron chi connectivity index (χ2n) is 32.0. The lowest BCUT2D eigenvalue weighted by Gasteiger charge is -2.21. The van der Waals surface area contributed by atoms with Crippen LogP contribution in [-0.4, -0.2) is 96.7 Å². The monoisotopic (exact) mass is 1550 g/mol. The normalized spacial score (nSPS) is 14.1. The van der Waals surface area contributed by atoms with Crippen molar-refractivity contribution in [3.8, 4) is 0 Å². The first-order valence-corrected chi connectivity index (χ1v) is 48.0. The highest BCUT2D eigenvalue weighted by Crippen LogP contribution is 2.45. The molecule has 0 amide bonds. The topological polar surface area (TPSA) is 237 Å². The van der Waals surface area contributed by atoms with Gasteiger partial charge in [-0.05, 0) is 37.5 Å². The Bertz CT molecular complexity index is 2030. The van der Waals surface area contributed by atoms with Crippen LogP contribution in [0, 0.1) is 11.8 Å². The molecule has 630 valence electrons. The summed E-state index contributed by atoms with van der Waals surface area (Å²) in [6, 6.07) is 0. The molecular formula is C87H170O17P2. The fraction of sp³-hybridized carbons (Fsp3) is 0.954. The summed E-state index contributed by atoms with van der Waals surface area (Å²) in [5.41, 5.74) is 0. The predicted molar refractivity (Wildman–Crippen MR) is 437 cm³/mol. The maximum Gasteiger partial charge on any atom is 0.472 e. The third-order valence-electron chi connectivity index (χ3n) is 20.8. The van der Waals surface area contributed by atoms with Gasteiger partial charge in [0, 0.05) is 25.7 Å². The summed E-state index contributed by atoms with van der Waals surface area (Å²) in [5, 5.41) is 10.7. The van der Waals surface area contributed by atoms with Crippen molar-refractivity contribution in [2.75, 3.05) is 39.6 Å². The number of unbranched alkanes of at least 4 members (excludes halogenated alkanes) is 55. The van der Waals surface area contributed by atoms with Crippen molar-refractivity contribution in [1.82, 2.24) is 0 Å². The molecule has 0 aromatic heterocycles. The number of rotatable bonds is 86. The first-order valence-electron chi connectivity index (χ1n) is 45.0. The van der Waals surface area contributed by atoms with E-state index in [0.29, 0.717) is 25.7 Å². The summed E-state index contributed by atoms with van der Waals surface area (Å²) in [4.78, 5) is 73.2. The molecule has 19 heteroatoms. The Balaban J connectivity index is 5.21. The van der Waals surface area contributed by atoms with Crippen molar-refractivity contribution in [3.63, 3.8) is 0 Å². The van der Waals surface area contributed by atoms with Gasteiger partial charge in [-0.2, -0.15) is 0 Å². The van der Waals surface area contributed by atoms with E-state index in [1.165, 1.54) is 283 Å². The average Bonchev–Trinajstić information content (AvgIpc) is 0.901. The summed E-state index contributed by atoms with van der Waals surface area (Å²) < 4.78 is 68.9. The molecule has 17 nitrogen and oxygen atoms in total. The zero-order valence-corrected chi connectivity index (χ0v) is 71.5. The Morgan fingerprint density at radius 1 is 0.274 bits per heavy atom. The number of ether oxygens (including phenoxy) is 4. The molecular weight excluding hydrogens is 1380 g/mol. The molecule has 3 unspecified atom stereocenters. The van der Waals surface area contributed by atoms with Gasteiger partial charge in [-0.15, -0.1) is 0 Å². The molecule has 0 aliphatic rings. The molecule has 0 fully saturated rings. The number of carbonyl (C=O) groups excluding carboxylic acids is 4. The van der Waals surface area contributed by atoms with Crippen molar-refractivity contribution in [2.24, 2.45) is 11.8 Å². The highest BCUT2D eigenvalue weighted by molar-refractivity contribution is 7.47. The third-order valence-corrected chi connectivity index (χ3v) is 22.7. The summed E-state index contributed by atoms with van der Waals surface area (Å²) in [6.45, 7) is 9.73. The predicted octanol–water partition coefficient (Wildman–Crippen LogP) is 26.6. The van der Waals surface area contributed by atoms with Gasteiger partial charge in [0.1, 0.15) is 19.3 Å². The van der Waals surface area contributed by atoms with E-state index in [-0.39, 0.29) is 25.7 Å². The molecule has 0 saturated carbocycles. The summed E-state index contributed by atoms with van der Waals surface area (Å²) in [5.74, 6) is -0.465.